The fourth-order valence-electron chi connectivity index (χ4n) is 2.40. The second kappa shape index (κ2) is 7.34. The van der Waals surface area contributed by atoms with Gasteiger partial charge >= 0.3 is 5.97 Å². The van der Waals surface area contributed by atoms with Crippen LogP contribution in [-0.2, 0) is 16.1 Å². The van der Waals surface area contributed by atoms with E-state index in [4.69, 9.17) is 10.5 Å². The summed E-state index contributed by atoms with van der Waals surface area (Å²) in [4.78, 5) is 25.7. The van der Waals surface area contributed by atoms with E-state index in [0.29, 0.717) is 17.0 Å². The van der Waals surface area contributed by atoms with Gasteiger partial charge in [-0.1, -0.05) is 12.1 Å². The predicted molar refractivity (Wildman–Crippen MR) is 85.5 cm³/mol. The van der Waals surface area contributed by atoms with E-state index in [1.807, 2.05) is 0 Å². The van der Waals surface area contributed by atoms with Crippen molar-refractivity contribution in [3.63, 3.8) is 0 Å². The third-order valence-electron chi connectivity index (χ3n) is 3.41. The maximum absolute atomic E-state index is 13.4. The number of esters is 1. The number of benzene rings is 1. The summed E-state index contributed by atoms with van der Waals surface area (Å²) in [5.41, 5.74) is 6.68. The molecule has 5 nitrogen and oxygen atoms in total. The minimum Gasteiger partial charge on any atom is -0.465 e. The minimum absolute atomic E-state index is 0.304. The van der Waals surface area contributed by atoms with E-state index in [-0.39, 0.29) is 0 Å². The van der Waals surface area contributed by atoms with Crippen LogP contribution in [0.15, 0.2) is 35.7 Å². The number of hydrogen-bond acceptors (Lipinski definition) is 5. The van der Waals surface area contributed by atoms with Gasteiger partial charge in [0.2, 0.25) is 5.91 Å². The lowest BCUT2D eigenvalue weighted by Crippen LogP contribution is -2.35. The van der Waals surface area contributed by atoms with Gasteiger partial charge in [-0.3, -0.25) is 9.69 Å². The Bertz CT molecular complexity index is 717. The summed E-state index contributed by atoms with van der Waals surface area (Å²) in [6.45, 7) is 0.304. The highest BCUT2D eigenvalue weighted by Crippen LogP contribution is 2.25. The van der Waals surface area contributed by atoms with Crippen LogP contribution in [0.4, 0.5) is 4.39 Å². The highest BCUT2D eigenvalue weighted by Gasteiger charge is 2.25. The van der Waals surface area contributed by atoms with E-state index in [1.165, 1.54) is 36.6 Å². The summed E-state index contributed by atoms with van der Waals surface area (Å²) >= 11 is 1.27. The number of rotatable bonds is 6. The number of thiophene rings is 1. The first-order valence-corrected chi connectivity index (χ1v) is 7.71. The number of likely N-dealkylation sites (N-methyl/N-ethyl adjacent to an activating group) is 1. The molecule has 1 aromatic heterocycles. The van der Waals surface area contributed by atoms with Crippen molar-refractivity contribution >= 4 is 23.2 Å². The molecule has 2 N–H and O–H groups in total. The molecule has 0 spiro atoms. The topological polar surface area (TPSA) is 72.6 Å². The molecule has 0 saturated carbocycles. The van der Waals surface area contributed by atoms with E-state index in [2.05, 4.69) is 0 Å². The van der Waals surface area contributed by atoms with Crippen molar-refractivity contribution in [3.8, 4) is 0 Å². The summed E-state index contributed by atoms with van der Waals surface area (Å²) in [5.74, 6) is -1.45. The van der Waals surface area contributed by atoms with E-state index in [0.717, 1.165) is 5.56 Å². The summed E-state index contributed by atoms with van der Waals surface area (Å²) in [6, 6.07) is 6.74. The standard InChI is InChI=1S/C16H17FN2O3S/c1-19(9-11-6-7-23-14(11)16(21)22-2)13(15(18)20)10-4-3-5-12(17)8-10/h3-8,13H,9H2,1-2H3,(H2,18,20). The number of methoxy groups -OCH3 is 1. The largest absolute Gasteiger partial charge is 0.465 e. The molecule has 0 bridgehead atoms. The van der Waals surface area contributed by atoms with Gasteiger partial charge in [0.15, 0.2) is 0 Å². The molecule has 0 saturated heterocycles. The number of nitrogens with two attached hydrogens (primary N) is 1. The van der Waals surface area contributed by atoms with Crippen molar-refractivity contribution in [2.45, 2.75) is 12.6 Å². The van der Waals surface area contributed by atoms with E-state index >= 15 is 0 Å². The van der Waals surface area contributed by atoms with Gasteiger partial charge in [0.1, 0.15) is 16.7 Å². The number of halogens is 1. The predicted octanol–water partition coefficient (Wildman–Crippen LogP) is 2.33. The van der Waals surface area contributed by atoms with Crippen LogP contribution in [0.1, 0.15) is 26.8 Å². The maximum Gasteiger partial charge on any atom is 0.348 e. The molecule has 1 atom stereocenters. The normalized spacial score (nSPS) is 12.2. The molecular weight excluding hydrogens is 319 g/mol. The molecule has 23 heavy (non-hydrogen) atoms. The second-order valence-corrected chi connectivity index (χ2v) is 5.96. The van der Waals surface area contributed by atoms with Gasteiger partial charge in [0, 0.05) is 6.54 Å². The zero-order valence-corrected chi connectivity index (χ0v) is 13.6. The Morgan fingerprint density at radius 2 is 2.13 bits per heavy atom. The number of amides is 1. The average molecular weight is 336 g/mol. The number of carbonyl (C=O) groups is 2. The Morgan fingerprint density at radius 1 is 1.39 bits per heavy atom. The van der Waals surface area contributed by atoms with Gasteiger partial charge in [-0.2, -0.15) is 0 Å². The summed E-state index contributed by atoms with van der Waals surface area (Å²) in [6.07, 6.45) is 0. The van der Waals surface area contributed by atoms with Gasteiger partial charge in [0.25, 0.3) is 0 Å². The van der Waals surface area contributed by atoms with E-state index < -0.39 is 23.7 Å². The molecular formula is C16H17FN2O3S. The molecule has 0 aliphatic rings. The fraction of sp³-hybridized carbons (Fsp3) is 0.250. The molecule has 0 aliphatic carbocycles. The number of carbonyl (C=O) groups excluding carboxylic acids is 2. The quantitative estimate of drug-likeness (QED) is 0.822. The SMILES string of the molecule is COC(=O)c1sccc1CN(C)C(C(N)=O)c1cccc(F)c1. The highest BCUT2D eigenvalue weighted by atomic mass is 32.1. The molecule has 2 aromatic rings. The van der Waals surface area contributed by atoms with Crippen LogP contribution < -0.4 is 5.73 Å². The van der Waals surface area contributed by atoms with Gasteiger partial charge in [-0.05, 0) is 41.8 Å². The number of nitrogens with zero attached hydrogens (tertiary/aromatic N) is 1. The van der Waals surface area contributed by atoms with Crippen molar-refractivity contribution in [2.24, 2.45) is 5.73 Å². The minimum atomic E-state index is -0.795. The Kier molecular flexibility index (Phi) is 5.46. The maximum atomic E-state index is 13.4. The van der Waals surface area contributed by atoms with Gasteiger partial charge in [-0.25, -0.2) is 9.18 Å². The van der Waals surface area contributed by atoms with Gasteiger partial charge < -0.3 is 10.5 Å². The zero-order valence-electron chi connectivity index (χ0n) is 12.8. The lowest BCUT2D eigenvalue weighted by atomic mass is 10.0. The molecule has 2 rings (SSSR count). The third-order valence-corrected chi connectivity index (χ3v) is 4.35. The molecule has 1 heterocycles. The Morgan fingerprint density at radius 3 is 2.74 bits per heavy atom. The van der Waals surface area contributed by atoms with Crippen LogP contribution >= 0.6 is 11.3 Å². The molecule has 0 aliphatic heterocycles. The number of primary amides is 1. The first-order valence-electron chi connectivity index (χ1n) is 6.83. The van der Waals surface area contributed by atoms with Crippen molar-refractivity contribution in [1.82, 2.24) is 4.90 Å². The molecule has 1 aromatic carbocycles. The van der Waals surface area contributed by atoms with Crippen LogP contribution in [0.2, 0.25) is 0 Å². The average Bonchev–Trinajstić information content (AvgIpc) is 2.94. The van der Waals surface area contributed by atoms with E-state index in [9.17, 15) is 14.0 Å². The van der Waals surface area contributed by atoms with Crippen LogP contribution in [-0.4, -0.2) is 30.9 Å². The van der Waals surface area contributed by atoms with Crippen LogP contribution in [0.25, 0.3) is 0 Å². The summed E-state index contributed by atoms with van der Waals surface area (Å²) in [5, 5.41) is 1.77. The molecule has 7 heteroatoms. The van der Waals surface area contributed by atoms with E-state index in [1.54, 1.807) is 29.5 Å². The Balaban J connectivity index is 2.26. The molecule has 0 fully saturated rings. The van der Waals surface area contributed by atoms with Crippen molar-refractivity contribution in [3.05, 3.63) is 57.5 Å². The second-order valence-electron chi connectivity index (χ2n) is 5.04. The lowest BCUT2D eigenvalue weighted by molar-refractivity contribution is -0.123. The smallest absolute Gasteiger partial charge is 0.348 e. The van der Waals surface area contributed by atoms with Gasteiger partial charge in [-0.15, -0.1) is 11.3 Å². The van der Waals surface area contributed by atoms with Gasteiger partial charge in [0.05, 0.1) is 7.11 Å². The highest BCUT2D eigenvalue weighted by molar-refractivity contribution is 7.12. The number of hydrogen-bond donors (Lipinski definition) is 1. The summed E-state index contributed by atoms with van der Waals surface area (Å²) < 4.78 is 18.2. The lowest BCUT2D eigenvalue weighted by Gasteiger charge is -2.26. The first kappa shape index (κ1) is 17.1. The molecule has 1 amide bonds. The van der Waals surface area contributed by atoms with Crippen molar-refractivity contribution in [2.75, 3.05) is 14.2 Å². The van der Waals surface area contributed by atoms with Crippen LogP contribution in [0, 0.1) is 5.82 Å². The van der Waals surface area contributed by atoms with Crippen LogP contribution in [0.5, 0.6) is 0 Å². The zero-order chi connectivity index (χ0) is 17.0. The Hall–Kier alpha value is -2.25. The Labute approximate surface area is 137 Å². The molecule has 1 unspecified atom stereocenters. The monoisotopic (exact) mass is 336 g/mol. The molecule has 0 radical (unpaired) electrons. The first-order chi connectivity index (χ1) is 10.9. The van der Waals surface area contributed by atoms with Crippen LogP contribution in [0.3, 0.4) is 0 Å². The number of ether oxygens (including phenoxy) is 1. The summed E-state index contributed by atoms with van der Waals surface area (Å²) in [7, 11) is 3.01. The molecule has 122 valence electrons. The fourth-order valence-corrected chi connectivity index (χ4v) is 3.24. The van der Waals surface area contributed by atoms with Crippen molar-refractivity contribution < 1.29 is 18.7 Å². The third kappa shape index (κ3) is 3.94. The van der Waals surface area contributed by atoms with Crippen molar-refractivity contribution in [1.29, 1.82) is 0 Å².